The van der Waals surface area contributed by atoms with Crippen LogP contribution in [0.1, 0.15) is 54.8 Å². The number of piperidine rings is 1. The van der Waals surface area contributed by atoms with Gasteiger partial charge in [0.2, 0.25) is 5.91 Å². The smallest absolute Gasteiger partial charge is 0.414 e. The van der Waals surface area contributed by atoms with E-state index in [1.165, 1.54) is 22.0 Å². The highest BCUT2D eigenvalue weighted by Crippen LogP contribution is 2.44. The lowest BCUT2D eigenvalue weighted by Gasteiger charge is -2.45. The van der Waals surface area contributed by atoms with Gasteiger partial charge in [-0.3, -0.25) is 4.79 Å². The fourth-order valence-electron chi connectivity index (χ4n) is 5.98. The van der Waals surface area contributed by atoms with E-state index in [1.54, 1.807) is 6.33 Å². The second-order valence-electron chi connectivity index (χ2n) is 10.1. The summed E-state index contributed by atoms with van der Waals surface area (Å²) in [6, 6.07) is 7.14. The highest BCUT2D eigenvalue weighted by molar-refractivity contribution is 6.27. The summed E-state index contributed by atoms with van der Waals surface area (Å²) < 4.78 is 2.25. The van der Waals surface area contributed by atoms with Gasteiger partial charge in [-0.15, -0.1) is 0 Å². The Hall–Kier alpha value is -3.66. The number of likely N-dealkylation sites (tertiary alicyclic amines) is 1. The van der Waals surface area contributed by atoms with Gasteiger partial charge >= 0.3 is 11.9 Å². The van der Waals surface area contributed by atoms with E-state index in [4.69, 9.17) is 19.8 Å². The number of benzene rings is 1. The lowest BCUT2D eigenvalue weighted by Crippen LogP contribution is -2.51. The molecule has 1 aliphatic carbocycles. The second-order valence-corrected chi connectivity index (χ2v) is 10.1. The van der Waals surface area contributed by atoms with Crippen LogP contribution in [0.5, 0.6) is 0 Å². The molecule has 0 bridgehead atoms. The molecule has 3 aromatic rings. The van der Waals surface area contributed by atoms with E-state index < -0.39 is 11.9 Å². The van der Waals surface area contributed by atoms with E-state index in [9.17, 15) is 4.79 Å². The first-order chi connectivity index (χ1) is 17.7. The number of H-pyrrole nitrogens is 1. The number of aromatic nitrogens is 3. The minimum Gasteiger partial charge on any atom is -0.473 e. The van der Waals surface area contributed by atoms with Crippen molar-refractivity contribution in [1.82, 2.24) is 24.8 Å². The zero-order chi connectivity index (χ0) is 26.7. The molecule has 0 spiro atoms. The molecule has 2 aliphatic rings. The number of hydrogen-bond acceptors (Lipinski definition) is 5. The van der Waals surface area contributed by atoms with Crippen LogP contribution in [0.15, 0.2) is 36.9 Å². The number of imidazole rings is 1. The number of nitrogens with one attached hydrogen (secondary N) is 2. The maximum absolute atomic E-state index is 13.2. The number of aliphatic carboxylic acids is 2. The molecule has 37 heavy (non-hydrogen) atoms. The molecule has 1 amide bonds. The van der Waals surface area contributed by atoms with E-state index >= 15 is 0 Å². The first kappa shape index (κ1) is 26.4. The van der Waals surface area contributed by atoms with Gasteiger partial charge in [-0.2, -0.15) is 0 Å². The van der Waals surface area contributed by atoms with Crippen molar-refractivity contribution < 1.29 is 24.6 Å². The fraction of sp³-hybridized carbons (Fsp3) is 0.481. The van der Waals surface area contributed by atoms with Crippen LogP contribution >= 0.6 is 0 Å². The molecule has 1 fully saturated rings. The van der Waals surface area contributed by atoms with Crippen molar-refractivity contribution in [3.05, 3.63) is 53.7 Å². The van der Waals surface area contributed by atoms with E-state index in [-0.39, 0.29) is 11.8 Å². The molecule has 1 unspecified atom stereocenters. The predicted molar refractivity (Wildman–Crippen MR) is 138 cm³/mol. The largest absolute Gasteiger partial charge is 0.473 e. The number of carbonyl (C=O) groups is 3. The lowest BCUT2D eigenvalue weighted by atomic mass is 9.72. The van der Waals surface area contributed by atoms with Crippen molar-refractivity contribution in [2.24, 2.45) is 13.0 Å². The van der Waals surface area contributed by atoms with Crippen molar-refractivity contribution in [3.63, 3.8) is 0 Å². The zero-order valence-electron chi connectivity index (χ0n) is 21.5. The molecule has 10 nitrogen and oxygen atoms in total. The minimum absolute atomic E-state index is 0.0239. The number of hydrogen-bond donors (Lipinski definition) is 4. The maximum atomic E-state index is 13.2. The molecule has 198 valence electrons. The number of carboxylic acids is 2. The molecule has 0 saturated carbocycles. The molecule has 1 aromatic carbocycles. The summed E-state index contributed by atoms with van der Waals surface area (Å²) in [7, 11) is 4.33. The van der Waals surface area contributed by atoms with E-state index in [0.29, 0.717) is 24.4 Å². The molecule has 1 saturated heterocycles. The Morgan fingerprint density at radius 2 is 1.97 bits per heavy atom. The molecule has 1 aliphatic heterocycles. The summed E-state index contributed by atoms with van der Waals surface area (Å²) in [5.74, 6) is -2.73. The highest BCUT2D eigenvalue weighted by Gasteiger charge is 2.41. The van der Waals surface area contributed by atoms with Gasteiger partial charge in [-0.1, -0.05) is 25.5 Å². The number of aromatic amines is 1. The summed E-state index contributed by atoms with van der Waals surface area (Å²) >= 11 is 0. The molecule has 0 radical (unpaired) electrons. The molecule has 4 N–H and O–H groups in total. The Morgan fingerprint density at radius 1 is 1.22 bits per heavy atom. The summed E-state index contributed by atoms with van der Waals surface area (Å²) in [4.78, 5) is 41.2. The van der Waals surface area contributed by atoms with Gasteiger partial charge in [0.1, 0.15) is 0 Å². The average molecular weight is 510 g/mol. The van der Waals surface area contributed by atoms with Crippen molar-refractivity contribution in [1.29, 1.82) is 0 Å². The SMILES string of the molecule is CCCC(CNC(=O)[C@@H]1C[C@@H]2c3cccc4c3c(cn4C)C[C@H]2N(C)C1)c1cnc[nH]1.O=C(O)C(=O)O. The van der Waals surface area contributed by atoms with Crippen molar-refractivity contribution in [3.8, 4) is 0 Å². The van der Waals surface area contributed by atoms with Gasteiger partial charge < -0.3 is 30.0 Å². The van der Waals surface area contributed by atoms with Crippen LogP contribution in [0.25, 0.3) is 10.9 Å². The van der Waals surface area contributed by atoms with Crippen LogP contribution in [0.4, 0.5) is 0 Å². The van der Waals surface area contributed by atoms with Crippen molar-refractivity contribution >= 4 is 28.7 Å². The van der Waals surface area contributed by atoms with Crippen LogP contribution in [0.3, 0.4) is 0 Å². The Kier molecular flexibility index (Phi) is 7.97. The Bertz CT molecular complexity index is 1260. The number of amides is 1. The molecular weight excluding hydrogens is 474 g/mol. The Morgan fingerprint density at radius 3 is 2.62 bits per heavy atom. The monoisotopic (exact) mass is 509 g/mol. The number of carboxylic acid groups (broad SMARTS) is 2. The van der Waals surface area contributed by atoms with Gasteiger partial charge in [0.25, 0.3) is 0 Å². The molecular formula is C27H35N5O5. The van der Waals surface area contributed by atoms with Crippen molar-refractivity contribution in [2.45, 2.75) is 50.5 Å². The Labute approximate surface area is 215 Å². The van der Waals surface area contributed by atoms with Crippen LogP contribution in [0, 0.1) is 5.92 Å². The summed E-state index contributed by atoms with van der Waals surface area (Å²) in [6.45, 7) is 3.68. The fourth-order valence-corrected chi connectivity index (χ4v) is 5.98. The van der Waals surface area contributed by atoms with Gasteiger partial charge in [0, 0.05) is 67.0 Å². The highest BCUT2D eigenvalue weighted by atomic mass is 16.4. The second kappa shape index (κ2) is 11.2. The normalized spacial score (nSPS) is 21.4. The minimum atomic E-state index is -1.82. The topological polar surface area (TPSA) is 141 Å². The number of carbonyl (C=O) groups excluding carboxylic acids is 1. The van der Waals surface area contributed by atoms with Gasteiger partial charge in [0.05, 0.1) is 12.2 Å². The lowest BCUT2D eigenvalue weighted by molar-refractivity contribution is -0.159. The first-order valence-corrected chi connectivity index (χ1v) is 12.7. The standard InChI is InChI=1S/C25H33N5O.C2H2O4/c1-4-6-16(21-12-26-15-28-21)11-27-25(31)18-9-20-19-7-5-8-22-24(19)17(13-29(22)2)10-23(20)30(3)14-18;3-1(4)2(5)6/h5,7-8,12-13,15-16,18,20,23H,4,6,9-11,14H2,1-3H3,(H,26,28)(H,27,31);(H,3,4)(H,5,6)/t16?,18-,20-,23-;/m1./s1. The summed E-state index contributed by atoms with van der Waals surface area (Å²) in [6.07, 6.45) is 10.0. The first-order valence-electron chi connectivity index (χ1n) is 12.7. The van der Waals surface area contributed by atoms with Gasteiger partial charge in [0.15, 0.2) is 0 Å². The number of nitrogens with zero attached hydrogens (tertiary/aromatic N) is 3. The summed E-state index contributed by atoms with van der Waals surface area (Å²) in [5, 5.41) is 19.5. The zero-order valence-corrected chi connectivity index (χ0v) is 21.5. The number of rotatable bonds is 6. The number of fused-ring (bicyclic) bond motifs is 2. The van der Waals surface area contributed by atoms with Crippen LogP contribution in [-0.2, 0) is 27.9 Å². The molecule has 10 heteroatoms. The van der Waals surface area contributed by atoms with Crippen LogP contribution in [0.2, 0.25) is 0 Å². The van der Waals surface area contributed by atoms with E-state index in [0.717, 1.165) is 37.9 Å². The third-order valence-electron chi connectivity index (χ3n) is 7.70. The molecule has 2 aromatic heterocycles. The Balaban J connectivity index is 0.000000480. The molecule has 4 atom stereocenters. The molecule has 5 rings (SSSR count). The maximum Gasteiger partial charge on any atom is 0.414 e. The summed E-state index contributed by atoms with van der Waals surface area (Å²) in [5.41, 5.74) is 5.29. The third-order valence-corrected chi connectivity index (χ3v) is 7.70. The van der Waals surface area contributed by atoms with Gasteiger partial charge in [-0.05, 0) is 43.5 Å². The van der Waals surface area contributed by atoms with E-state index in [2.05, 4.69) is 70.2 Å². The van der Waals surface area contributed by atoms with Gasteiger partial charge in [-0.25, -0.2) is 14.6 Å². The predicted octanol–water partition coefficient (Wildman–Crippen LogP) is 2.72. The van der Waals surface area contributed by atoms with Crippen LogP contribution in [-0.4, -0.2) is 73.7 Å². The van der Waals surface area contributed by atoms with E-state index in [1.807, 2.05) is 6.20 Å². The quantitative estimate of drug-likeness (QED) is 0.375. The van der Waals surface area contributed by atoms with Crippen molar-refractivity contribution in [2.75, 3.05) is 20.1 Å². The number of likely N-dealkylation sites (N-methyl/N-ethyl adjacent to an activating group) is 1. The average Bonchev–Trinajstić information content (AvgIpc) is 3.52. The molecule has 3 heterocycles. The number of aryl methyl sites for hydroxylation is 1. The third kappa shape index (κ3) is 5.53. The van der Waals surface area contributed by atoms with Crippen LogP contribution < -0.4 is 5.32 Å².